The van der Waals surface area contributed by atoms with Gasteiger partial charge >= 0.3 is 6.18 Å². The summed E-state index contributed by atoms with van der Waals surface area (Å²) < 4.78 is 39.8. The Morgan fingerprint density at radius 2 is 1.90 bits per heavy atom. The molecule has 0 aromatic heterocycles. The van der Waals surface area contributed by atoms with Gasteiger partial charge in [0.25, 0.3) is 0 Å². The molecule has 1 atom stereocenters. The molecule has 156 valence electrons. The number of rotatable bonds is 5. The standard InChI is InChI=1S/C20H18BrF3N2OS.ClH/c1-28-17-10-12(21)5-6-14(17)19(25)18-15(7-8-16(18)27)26-13-4-2-3-11(9-13)20(22,23)24;/h2-6,9-10,19,26H,7-8,25H2,1H3;1H. The van der Waals surface area contributed by atoms with Crippen molar-refractivity contribution in [3.05, 3.63) is 69.3 Å². The highest BCUT2D eigenvalue weighted by molar-refractivity contribution is 9.10. The van der Waals surface area contributed by atoms with Gasteiger partial charge in [-0.05, 0) is 48.6 Å². The molecule has 29 heavy (non-hydrogen) atoms. The minimum Gasteiger partial charge on any atom is -0.358 e. The Morgan fingerprint density at radius 1 is 1.17 bits per heavy atom. The highest BCUT2D eigenvalue weighted by Gasteiger charge is 2.32. The number of benzene rings is 2. The van der Waals surface area contributed by atoms with Crippen LogP contribution in [0.2, 0.25) is 0 Å². The summed E-state index contributed by atoms with van der Waals surface area (Å²) in [6, 6.07) is 9.92. The van der Waals surface area contributed by atoms with Crippen LogP contribution in [0.5, 0.6) is 0 Å². The highest BCUT2D eigenvalue weighted by atomic mass is 79.9. The summed E-state index contributed by atoms with van der Waals surface area (Å²) in [7, 11) is 0. The molecule has 0 spiro atoms. The number of hydrogen-bond acceptors (Lipinski definition) is 4. The van der Waals surface area contributed by atoms with E-state index in [1.807, 2.05) is 24.5 Å². The monoisotopic (exact) mass is 506 g/mol. The van der Waals surface area contributed by atoms with Gasteiger partial charge in [0.15, 0.2) is 5.78 Å². The van der Waals surface area contributed by atoms with Gasteiger partial charge in [0.2, 0.25) is 0 Å². The summed E-state index contributed by atoms with van der Waals surface area (Å²) in [5, 5.41) is 3.00. The zero-order valence-electron chi connectivity index (χ0n) is 15.3. The van der Waals surface area contributed by atoms with E-state index in [2.05, 4.69) is 21.2 Å². The largest absolute Gasteiger partial charge is 0.416 e. The van der Waals surface area contributed by atoms with Crippen LogP contribution in [0.3, 0.4) is 0 Å². The van der Waals surface area contributed by atoms with Crippen LogP contribution in [0.25, 0.3) is 0 Å². The van der Waals surface area contributed by atoms with Crippen LogP contribution in [-0.4, -0.2) is 12.0 Å². The first-order valence-electron chi connectivity index (χ1n) is 8.50. The van der Waals surface area contributed by atoms with E-state index >= 15 is 0 Å². The molecule has 3 N–H and O–H groups in total. The molecule has 0 bridgehead atoms. The number of nitrogens with two attached hydrogens (primary N) is 1. The summed E-state index contributed by atoms with van der Waals surface area (Å²) in [6.45, 7) is 0. The Hall–Kier alpha value is -1.48. The number of carbonyl (C=O) groups excluding carboxylic acids is 1. The van der Waals surface area contributed by atoms with Crippen LogP contribution < -0.4 is 11.1 Å². The van der Waals surface area contributed by atoms with Crippen molar-refractivity contribution in [2.24, 2.45) is 5.73 Å². The van der Waals surface area contributed by atoms with Gasteiger partial charge in [-0.2, -0.15) is 13.2 Å². The van der Waals surface area contributed by atoms with Crippen LogP contribution in [0.15, 0.2) is 63.1 Å². The van der Waals surface area contributed by atoms with Crippen molar-refractivity contribution in [2.45, 2.75) is 30.0 Å². The van der Waals surface area contributed by atoms with Crippen LogP contribution in [0, 0.1) is 0 Å². The van der Waals surface area contributed by atoms with Crippen molar-refractivity contribution >= 4 is 51.6 Å². The number of ketones is 1. The van der Waals surface area contributed by atoms with Gasteiger partial charge in [0.05, 0.1) is 11.6 Å². The second kappa shape index (κ2) is 9.55. The van der Waals surface area contributed by atoms with E-state index in [-0.39, 0.29) is 30.3 Å². The fourth-order valence-electron chi connectivity index (χ4n) is 3.21. The number of Topliss-reactive ketones (excluding diaryl/α,β-unsaturated/α-hetero) is 1. The van der Waals surface area contributed by atoms with Crippen LogP contribution >= 0.6 is 40.1 Å². The number of anilines is 1. The van der Waals surface area contributed by atoms with Crippen LogP contribution in [-0.2, 0) is 11.0 Å². The Balaban J connectivity index is 0.00000300. The molecule has 2 aromatic carbocycles. The molecular formula is C20H19BrClF3N2OS. The molecular weight excluding hydrogens is 489 g/mol. The molecule has 1 unspecified atom stereocenters. The first kappa shape index (κ1) is 23.8. The fraction of sp³-hybridized carbons (Fsp3) is 0.250. The van der Waals surface area contributed by atoms with Gasteiger partial charge in [0, 0.05) is 32.7 Å². The number of alkyl halides is 3. The second-order valence-corrected chi connectivity index (χ2v) is 8.15. The van der Waals surface area contributed by atoms with E-state index in [1.54, 1.807) is 6.07 Å². The summed E-state index contributed by atoms with van der Waals surface area (Å²) in [5.74, 6) is -0.0862. The van der Waals surface area contributed by atoms with Crippen LogP contribution in [0.4, 0.5) is 18.9 Å². The molecule has 0 fully saturated rings. The van der Waals surface area contributed by atoms with Crippen molar-refractivity contribution in [1.82, 2.24) is 0 Å². The van der Waals surface area contributed by atoms with Crippen molar-refractivity contribution < 1.29 is 18.0 Å². The first-order valence-corrected chi connectivity index (χ1v) is 10.5. The third-order valence-corrected chi connectivity index (χ3v) is 5.84. The van der Waals surface area contributed by atoms with Crippen LogP contribution in [0.1, 0.15) is 30.0 Å². The normalized spacial score (nSPS) is 15.3. The number of hydrogen-bond donors (Lipinski definition) is 2. The Bertz CT molecular complexity index is 950. The van der Waals surface area contributed by atoms with E-state index in [0.29, 0.717) is 17.7 Å². The van der Waals surface area contributed by atoms with E-state index in [9.17, 15) is 18.0 Å². The van der Waals surface area contributed by atoms with Gasteiger partial charge in [-0.15, -0.1) is 24.2 Å². The highest BCUT2D eigenvalue weighted by Crippen LogP contribution is 2.37. The predicted octanol–water partition coefficient (Wildman–Crippen LogP) is 6.34. The zero-order chi connectivity index (χ0) is 20.5. The predicted molar refractivity (Wildman–Crippen MR) is 116 cm³/mol. The maximum atomic E-state index is 13.0. The molecule has 3 rings (SSSR count). The molecule has 9 heteroatoms. The summed E-state index contributed by atoms with van der Waals surface area (Å²) in [6.07, 6.45) is -1.80. The molecule has 0 amide bonds. The number of allylic oxidation sites excluding steroid dienone is 1. The lowest BCUT2D eigenvalue weighted by Gasteiger charge is -2.19. The molecule has 3 nitrogen and oxygen atoms in total. The summed E-state index contributed by atoms with van der Waals surface area (Å²) >= 11 is 4.94. The number of carbonyl (C=O) groups is 1. The topological polar surface area (TPSA) is 55.1 Å². The quantitative estimate of drug-likeness (QED) is 0.464. The Morgan fingerprint density at radius 3 is 2.55 bits per heavy atom. The lowest BCUT2D eigenvalue weighted by atomic mass is 9.97. The zero-order valence-corrected chi connectivity index (χ0v) is 18.6. The van der Waals surface area contributed by atoms with Crippen molar-refractivity contribution in [3.63, 3.8) is 0 Å². The van der Waals surface area contributed by atoms with E-state index in [1.165, 1.54) is 17.8 Å². The molecule has 2 aromatic rings. The second-order valence-electron chi connectivity index (χ2n) is 6.38. The maximum absolute atomic E-state index is 13.0. The smallest absolute Gasteiger partial charge is 0.358 e. The molecule has 0 radical (unpaired) electrons. The maximum Gasteiger partial charge on any atom is 0.416 e. The fourth-order valence-corrected chi connectivity index (χ4v) is 4.40. The average molecular weight is 508 g/mol. The summed E-state index contributed by atoms with van der Waals surface area (Å²) in [4.78, 5) is 13.4. The molecule has 1 aliphatic carbocycles. The lowest BCUT2D eigenvalue weighted by molar-refractivity contribution is -0.137. The minimum absolute atomic E-state index is 0. The minimum atomic E-state index is -4.43. The van der Waals surface area contributed by atoms with E-state index < -0.39 is 17.8 Å². The van der Waals surface area contributed by atoms with Crippen molar-refractivity contribution in [2.75, 3.05) is 11.6 Å². The molecule has 0 heterocycles. The van der Waals surface area contributed by atoms with Crippen molar-refractivity contribution in [1.29, 1.82) is 0 Å². The van der Waals surface area contributed by atoms with Gasteiger partial charge in [-0.25, -0.2) is 0 Å². The molecule has 0 saturated carbocycles. The Labute approximate surface area is 185 Å². The van der Waals surface area contributed by atoms with E-state index in [4.69, 9.17) is 5.73 Å². The molecule has 1 aliphatic rings. The lowest BCUT2D eigenvalue weighted by Crippen LogP contribution is -2.20. The van der Waals surface area contributed by atoms with Gasteiger partial charge in [-0.1, -0.05) is 28.1 Å². The first-order chi connectivity index (χ1) is 13.2. The summed E-state index contributed by atoms with van der Waals surface area (Å²) in [5.41, 5.74) is 7.78. The number of thioether (sulfide) groups is 1. The average Bonchev–Trinajstić information content (AvgIpc) is 3.00. The molecule has 0 aliphatic heterocycles. The van der Waals surface area contributed by atoms with Crippen molar-refractivity contribution in [3.8, 4) is 0 Å². The molecule has 0 saturated heterocycles. The Kier molecular flexibility index (Phi) is 7.84. The van der Waals surface area contributed by atoms with Gasteiger partial charge < -0.3 is 11.1 Å². The number of halogens is 5. The van der Waals surface area contributed by atoms with E-state index in [0.717, 1.165) is 27.1 Å². The van der Waals surface area contributed by atoms with Gasteiger partial charge in [-0.3, -0.25) is 4.79 Å². The third-order valence-electron chi connectivity index (χ3n) is 4.55. The van der Waals surface area contributed by atoms with Gasteiger partial charge in [0.1, 0.15) is 0 Å². The number of nitrogens with one attached hydrogen (secondary N) is 1. The SMILES string of the molecule is CSc1cc(Br)ccc1C(N)C1=C(Nc2cccc(C(F)(F)F)c2)CCC1=O.Cl. The third kappa shape index (κ3) is 5.36.